The molecule has 2 aliphatic heterocycles. The Morgan fingerprint density at radius 2 is 1.97 bits per heavy atom. The van der Waals surface area contributed by atoms with Gasteiger partial charge in [0.2, 0.25) is 0 Å². The van der Waals surface area contributed by atoms with E-state index >= 15 is 0 Å². The molecule has 7 heteroatoms. The van der Waals surface area contributed by atoms with Crippen molar-refractivity contribution < 1.29 is 14.2 Å². The summed E-state index contributed by atoms with van der Waals surface area (Å²) in [6.07, 6.45) is 5.76. The number of nitrogens with one attached hydrogen (secondary N) is 1. The van der Waals surface area contributed by atoms with Gasteiger partial charge in [0.05, 0.1) is 19.3 Å². The average Bonchev–Trinajstić information content (AvgIpc) is 3.29. The van der Waals surface area contributed by atoms with E-state index in [0.717, 1.165) is 84.1 Å². The third-order valence-corrected chi connectivity index (χ3v) is 5.36. The summed E-state index contributed by atoms with van der Waals surface area (Å²) in [5, 5.41) is 3.49. The molecule has 0 aliphatic carbocycles. The van der Waals surface area contributed by atoms with Gasteiger partial charge in [-0.1, -0.05) is 30.3 Å². The number of aliphatic imine (C=N–C) groups is 1. The van der Waals surface area contributed by atoms with Crippen LogP contribution in [0.1, 0.15) is 31.2 Å². The highest BCUT2D eigenvalue weighted by molar-refractivity contribution is 14.0. The maximum atomic E-state index is 5.93. The summed E-state index contributed by atoms with van der Waals surface area (Å²) in [5.74, 6) is 0.969. The molecule has 2 saturated heterocycles. The first-order valence-corrected chi connectivity index (χ1v) is 10.7. The van der Waals surface area contributed by atoms with E-state index in [1.54, 1.807) is 0 Å². The number of halogens is 1. The van der Waals surface area contributed by atoms with Crippen LogP contribution in [0.2, 0.25) is 0 Å². The Morgan fingerprint density at radius 1 is 1.14 bits per heavy atom. The van der Waals surface area contributed by atoms with Crippen molar-refractivity contribution in [2.24, 2.45) is 4.99 Å². The summed E-state index contributed by atoms with van der Waals surface area (Å²) in [6, 6.07) is 10.5. The molecule has 0 aromatic heterocycles. The quantitative estimate of drug-likeness (QED) is 0.236. The highest BCUT2D eigenvalue weighted by Gasteiger charge is 2.32. The van der Waals surface area contributed by atoms with Gasteiger partial charge in [-0.05, 0) is 37.7 Å². The van der Waals surface area contributed by atoms with E-state index in [0.29, 0.717) is 0 Å². The lowest BCUT2D eigenvalue weighted by molar-refractivity contribution is -0.0816. The lowest BCUT2D eigenvalue weighted by Gasteiger charge is -2.37. The van der Waals surface area contributed by atoms with E-state index in [-0.39, 0.29) is 36.2 Å². The van der Waals surface area contributed by atoms with Gasteiger partial charge in [-0.3, -0.25) is 4.99 Å². The first-order valence-electron chi connectivity index (χ1n) is 10.7. The molecule has 1 aromatic rings. The molecular weight excluding hydrogens is 481 g/mol. The van der Waals surface area contributed by atoms with Crippen molar-refractivity contribution in [3.8, 4) is 0 Å². The molecule has 1 aromatic carbocycles. The lowest BCUT2D eigenvalue weighted by atomic mass is 10.1. The Hall–Kier alpha value is -0.900. The molecule has 0 amide bonds. The molecule has 2 atom stereocenters. The monoisotopic (exact) mass is 517 g/mol. The smallest absolute Gasteiger partial charge is 0.193 e. The van der Waals surface area contributed by atoms with Crippen molar-refractivity contribution in [1.29, 1.82) is 0 Å². The Balaban J connectivity index is 0.00000300. The Labute approximate surface area is 192 Å². The largest absolute Gasteiger partial charge is 0.381 e. The molecule has 0 bridgehead atoms. The number of ether oxygens (including phenoxy) is 3. The molecule has 6 nitrogen and oxygen atoms in total. The maximum Gasteiger partial charge on any atom is 0.193 e. The summed E-state index contributed by atoms with van der Waals surface area (Å²) in [4.78, 5) is 6.76. The van der Waals surface area contributed by atoms with Crippen LogP contribution in [0.3, 0.4) is 0 Å². The zero-order valence-corrected chi connectivity index (χ0v) is 19.9. The van der Waals surface area contributed by atoms with E-state index in [9.17, 15) is 0 Å². The fourth-order valence-electron chi connectivity index (χ4n) is 3.79. The third-order valence-electron chi connectivity index (χ3n) is 5.36. The average molecular weight is 517 g/mol. The molecule has 2 heterocycles. The summed E-state index contributed by atoms with van der Waals surface area (Å²) in [6.45, 7) is 5.85. The standard InChI is InChI=1S/C22H35N3O3.HI/c1-23-22(25-13-17-28-21(18-25)20-10-7-15-27-20)24-12-5-6-14-26-16-11-19-8-3-2-4-9-19;/h2-4,8-9,20-21H,5-7,10-18H2,1H3,(H,23,24);1H. The zero-order valence-electron chi connectivity index (χ0n) is 17.6. The second kappa shape index (κ2) is 14.2. The van der Waals surface area contributed by atoms with E-state index < -0.39 is 0 Å². The van der Waals surface area contributed by atoms with E-state index in [2.05, 4.69) is 39.5 Å². The van der Waals surface area contributed by atoms with Crippen LogP contribution in [0.5, 0.6) is 0 Å². The first-order chi connectivity index (χ1) is 13.9. The fourth-order valence-corrected chi connectivity index (χ4v) is 3.79. The highest BCUT2D eigenvalue weighted by Crippen LogP contribution is 2.21. The SMILES string of the molecule is CN=C(NCCCCOCCc1ccccc1)N1CCOC(C2CCCO2)C1.I. The molecule has 1 N–H and O–H groups in total. The highest BCUT2D eigenvalue weighted by atomic mass is 127. The van der Waals surface area contributed by atoms with Crippen LogP contribution >= 0.6 is 24.0 Å². The summed E-state index contributed by atoms with van der Waals surface area (Å²) >= 11 is 0. The molecule has 0 radical (unpaired) electrons. The Kier molecular flexibility index (Phi) is 11.9. The molecule has 0 saturated carbocycles. The van der Waals surface area contributed by atoms with Crippen LogP contribution < -0.4 is 5.32 Å². The van der Waals surface area contributed by atoms with Gasteiger partial charge in [-0.15, -0.1) is 24.0 Å². The van der Waals surface area contributed by atoms with Crippen LogP contribution in [0, 0.1) is 0 Å². The predicted molar refractivity (Wildman–Crippen MR) is 127 cm³/mol. The number of hydrogen-bond acceptors (Lipinski definition) is 4. The summed E-state index contributed by atoms with van der Waals surface area (Å²) < 4.78 is 17.5. The van der Waals surface area contributed by atoms with Crippen molar-refractivity contribution in [3.05, 3.63) is 35.9 Å². The number of guanidine groups is 1. The van der Waals surface area contributed by atoms with Gasteiger partial charge in [-0.25, -0.2) is 0 Å². The van der Waals surface area contributed by atoms with Crippen LogP contribution in [0.25, 0.3) is 0 Å². The number of benzene rings is 1. The second-order valence-corrected chi connectivity index (χ2v) is 7.44. The number of hydrogen-bond donors (Lipinski definition) is 1. The Bertz CT molecular complexity index is 582. The van der Waals surface area contributed by atoms with Gasteiger partial charge >= 0.3 is 0 Å². The van der Waals surface area contributed by atoms with Crippen LogP contribution in [-0.2, 0) is 20.6 Å². The van der Waals surface area contributed by atoms with Gasteiger partial charge in [0.1, 0.15) is 6.10 Å². The number of nitrogens with zero attached hydrogens (tertiary/aromatic N) is 2. The molecule has 0 spiro atoms. The van der Waals surface area contributed by atoms with Gasteiger partial charge in [0.25, 0.3) is 0 Å². The normalized spacial score (nSPS) is 22.4. The zero-order chi connectivity index (χ0) is 19.4. The van der Waals surface area contributed by atoms with Crippen LogP contribution in [-0.4, -0.2) is 76.2 Å². The molecule has 29 heavy (non-hydrogen) atoms. The minimum Gasteiger partial charge on any atom is -0.381 e. The number of unbranched alkanes of at least 4 members (excludes halogenated alkanes) is 1. The summed E-state index contributed by atoms with van der Waals surface area (Å²) in [7, 11) is 1.85. The van der Waals surface area contributed by atoms with Crippen molar-refractivity contribution in [3.63, 3.8) is 0 Å². The fraction of sp³-hybridized carbons (Fsp3) is 0.682. The van der Waals surface area contributed by atoms with E-state index in [1.165, 1.54) is 5.56 Å². The number of rotatable bonds is 9. The van der Waals surface area contributed by atoms with Crippen molar-refractivity contribution in [2.75, 3.05) is 53.1 Å². The minimum atomic E-state index is 0. The van der Waals surface area contributed by atoms with E-state index in [1.807, 2.05) is 13.1 Å². The second-order valence-electron chi connectivity index (χ2n) is 7.44. The van der Waals surface area contributed by atoms with Gasteiger partial charge in [0, 0.05) is 39.9 Å². The molecular formula is C22H36IN3O3. The number of morpholine rings is 1. The lowest BCUT2D eigenvalue weighted by Crippen LogP contribution is -2.53. The van der Waals surface area contributed by atoms with Crippen molar-refractivity contribution in [1.82, 2.24) is 10.2 Å². The van der Waals surface area contributed by atoms with Gasteiger partial charge < -0.3 is 24.4 Å². The van der Waals surface area contributed by atoms with Crippen molar-refractivity contribution in [2.45, 2.75) is 44.3 Å². The molecule has 3 rings (SSSR count). The van der Waals surface area contributed by atoms with Crippen LogP contribution in [0.15, 0.2) is 35.3 Å². The minimum absolute atomic E-state index is 0. The van der Waals surface area contributed by atoms with Gasteiger partial charge in [-0.2, -0.15) is 0 Å². The molecule has 164 valence electrons. The molecule has 2 unspecified atom stereocenters. The third kappa shape index (κ3) is 8.39. The molecule has 2 aliphatic rings. The van der Waals surface area contributed by atoms with Crippen LogP contribution in [0.4, 0.5) is 0 Å². The van der Waals surface area contributed by atoms with E-state index in [4.69, 9.17) is 14.2 Å². The summed E-state index contributed by atoms with van der Waals surface area (Å²) in [5.41, 5.74) is 1.33. The maximum absolute atomic E-state index is 5.93. The molecule has 2 fully saturated rings. The Morgan fingerprint density at radius 3 is 2.72 bits per heavy atom. The topological polar surface area (TPSA) is 55.3 Å². The first kappa shape index (κ1) is 24.4. The predicted octanol–water partition coefficient (Wildman–Crippen LogP) is 3.10. The van der Waals surface area contributed by atoms with Gasteiger partial charge in [0.15, 0.2) is 5.96 Å². The van der Waals surface area contributed by atoms with Crippen molar-refractivity contribution >= 4 is 29.9 Å².